The van der Waals surface area contributed by atoms with E-state index in [0.29, 0.717) is 0 Å². The van der Waals surface area contributed by atoms with Gasteiger partial charge >= 0.3 is 0 Å². The normalized spacial score (nSPS) is 14.8. The van der Waals surface area contributed by atoms with Crippen LogP contribution in [0.4, 0.5) is 0 Å². The van der Waals surface area contributed by atoms with Gasteiger partial charge in [0.1, 0.15) is 0 Å². The van der Waals surface area contributed by atoms with Gasteiger partial charge in [-0.2, -0.15) is 0 Å². The van der Waals surface area contributed by atoms with Crippen molar-refractivity contribution in [1.82, 2.24) is 0 Å². The van der Waals surface area contributed by atoms with E-state index in [9.17, 15) is 5.11 Å². The molecule has 1 unspecified atom stereocenters. The third kappa shape index (κ3) is 4.11. The maximum Gasteiger partial charge on any atom is 0.0772 e. The van der Waals surface area contributed by atoms with Crippen molar-refractivity contribution in [1.29, 1.82) is 0 Å². The van der Waals surface area contributed by atoms with E-state index in [-0.39, 0.29) is 0 Å². The molecule has 0 saturated carbocycles. The quantitative estimate of drug-likeness (QED) is 0.800. The standard InChI is InChI=1S/C13H19BrOS/c1-4-9(2)8-16-11-5-6-12(10(3)15)13(14)7-11/h5-7,9-10,15H,4,8H2,1-3H3/t9?,10-/m0/s1. The summed E-state index contributed by atoms with van der Waals surface area (Å²) in [4.78, 5) is 1.26. The fourth-order valence-electron chi connectivity index (χ4n) is 1.29. The van der Waals surface area contributed by atoms with Gasteiger partial charge in [-0.15, -0.1) is 11.8 Å². The van der Waals surface area contributed by atoms with E-state index in [2.05, 4.69) is 41.9 Å². The predicted octanol–water partition coefficient (Wildman–Crippen LogP) is 4.64. The minimum absolute atomic E-state index is 0.414. The van der Waals surface area contributed by atoms with Gasteiger partial charge in [-0.3, -0.25) is 0 Å². The van der Waals surface area contributed by atoms with Crippen molar-refractivity contribution in [3.8, 4) is 0 Å². The molecular formula is C13H19BrOS. The Morgan fingerprint density at radius 3 is 2.56 bits per heavy atom. The van der Waals surface area contributed by atoms with Crippen molar-refractivity contribution in [3.05, 3.63) is 28.2 Å². The Morgan fingerprint density at radius 1 is 1.38 bits per heavy atom. The SMILES string of the molecule is CCC(C)CSc1ccc([C@H](C)O)c(Br)c1. The number of benzene rings is 1. The van der Waals surface area contributed by atoms with Crippen LogP contribution in [-0.2, 0) is 0 Å². The third-order valence-corrected chi connectivity index (χ3v) is 4.66. The maximum atomic E-state index is 9.51. The van der Waals surface area contributed by atoms with E-state index in [0.717, 1.165) is 21.7 Å². The summed E-state index contributed by atoms with van der Waals surface area (Å²) in [6.45, 7) is 6.27. The highest BCUT2D eigenvalue weighted by atomic mass is 79.9. The van der Waals surface area contributed by atoms with Crippen molar-refractivity contribution in [2.45, 2.75) is 38.2 Å². The molecule has 1 aromatic carbocycles. The van der Waals surface area contributed by atoms with Crippen molar-refractivity contribution < 1.29 is 5.11 Å². The molecule has 0 spiro atoms. The molecular weight excluding hydrogens is 284 g/mol. The first-order chi connectivity index (χ1) is 7.54. The second kappa shape index (κ2) is 6.67. The van der Waals surface area contributed by atoms with Crippen LogP contribution in [0.5, 0.6) is 0 Å². The van der Waals surface area contributed by atoms with Crippen LogP contribution in [0.25, 0.3) is 0 Å². The van der Waals surface area contributed by atoms with Gasteiger partial charge < -0.3 is 5.11 Å². The summed E-state index contributed by atoms with van der Waals surface area (Å²) in [5.41, 5.74) is 0.952. The Hall–Kier alpha value is 0.01000. The molecule has 0 aliphatic heterocycles. The average molecular weight is 303 g/mol. The lowest BCUT2D eigenvalue weighted by Crippen LogP contribution is -1.96. The zero-order valence-electron chi connectivity index (χ0n) is 10.0. The molecule has 0 saturated heterocycles. The van der Waals surface area contributed by atoms with Gasteiger partial charge in [-0.05, 0) is 30.5 Å². The number of hydrogen-bond donors (Lipinski definition) is 1. The largest absolute Gasteiger partial charge is 0.389 e. The van der Waals surface area contributed by atoms with Gasteiger partial charge in [0.05, 0.1) is 6.10 Å². The Morgan fingerprint density at radius 2 is 2.06 bits per heavy atom. The first-order valence-electron chi connectivity index (χ1n) is 5.64. The van der Waals surface area contributed by atoms with Gasteiger partial charge in [-0.25, -0.2) is 0 Å². The van der Waals surface area contributed by atoms with E-state index >= 15 is 0 Å². The summed E-state index contributed by atoms with van der Waals surface area (Å²) in [5, 5.41) is 9.51. The lowest BCUT2D eigenvalue weighted by molar-refractivity contribution is 0.198. The van der Waals surface area contributed by atoms with Crippen LogP contribution < -0.4 is 0 Å². The Labute approximate surface area is 111 Å². The highest BCUT2D eigenvalue weighted by Crippen LogP contribution is 2.29. The van der Waals surface area contributed by atoms with E-state index in [1.54, 1.807) is 6.92 Å². The molecule has 2 atom stereocenters. The van der Waals surface area contributed by atoms with E-state index in [1.807, 2.05) is 17.8 Å². The average Bonchev–Trinajstić information content (AvgIpc) is 2.25. The molecule has 1 nitrogen and oxygen atoms in total. The number of rotatable bonds is 5. The number of halogens is 1. The summed E-state index contributed by atoms with van der Waals surface area (Å²) < 4.78 is 0.997. The monoisotopic (exact) mass is 302 g/mol. The van der Waals surface area contributed by atoms with Crippen molar-refractivity contribution in [2.75, 3.05) is 5.75 Å². The molecule has 90 valence electrons. The third-order valence-electron chi connectivity index (χ3n) is 2.65. The molecule has 1 N–H and O–H groups in total. The molecule has 0 aromatic heterocycles. The fourth-order valence-corrected chi connectivity index (χ4v) is 3.23. The number of thioether (sulfide) groups is 1. The molecule has 0 aliphatic rings. The maximum absolute atomic E-state index is 9.51. The van der Waals surface area contributed by atoms with E-state index < -0.39 is 6.10 Å². The number of hydrogen-bond acceptors (Lipinski definition) is 2. The highest BCUT2D eigenvalue weighted by Gasteiger charge is 2.07. The number of aliphatic hydroxyl groups excluding tert-OH is 1. The van der Waals surface area contributed by atoms with Crippen molar-refractivity contribution in [3.63, 3.8) is 0 Å². The summed E-state index contributed by atoms with van der Waals surface area (Å²) in [6, 6.07) is 6.17. The van der Waals surface area contributed by atoms with Gasteiger partial charge in [0.15, 0.2) is 0 Å². The minimum Gasteiger partial charge on any atom is -0.389 e. The lowest BCUT2D eigenvalue weighted by atomic mass is 10.1. The first-order valence-corrected chi connectivity index (χ1v) is 7.42. The molecule has 0 fully saturated rings. The van der Waals surface area contributed by atoms with Gasteiger partial charge in [0, 0.05) is 15.1 Å². The van der Waals surface area contributed by atoms with Gasteiger partial charge in [0.2, 0.25) is 0 Å². The second-order valence-corrected chi connectivity index (χ2v) is 6.13. The van der Waals surface area contributed by atoms with E-state index in [4.69, 9.17) is 0 Å². The summed E-state index contributed by atoms with van der Waals surface area (Å²) in [7, 11) is 0. The Kier molecular flexibility index (Phi) is 5.87. The molecule has 0 aliphatic carbocycles. The van der Waals surface area contributed by atoms with Crippen LogP contribution in [-0.4, -0.2) is 10.9 Å². The molecule has 3 heteroatoms. The fraction of sp³-hybridized carbons (Fsp3) is 0.538. The Bertz CT molecular complexity index is 339. The molecule has 16 heavy (non-hydrogen) atoms. The summed E-state index contributed by atoms with van der Waals surface area (Å²) in [6.07, 6.45) is 0.808. The van der Waals surface area contributed by atoms with Crippen LogP contribution >= 0.6 is 27.7 Å². The van der Waals surface area contributed by atoms with E-state index in [1.165, 1.54) is 11.3 Å². The molecule has 0 bridgehead atoms. The minimum atomic E-state index is -0.414. The zero-order valence-corrected chi connectivity index (χ0v) is 12.4. The van der Waals surface area contributed by atoms with Crippen LogP contribution in [0.1, 0.15) is 38.9 Å². The van der Waals surface area contributed by atoms with Crippen LogP contribution in [0, 0.1) is 5.92 Å². The van der Waals surface area contributed by atoms with Gasteiger partial charge in [0.25, 0.3) is 0 Å². The predicted molar refractivity (Wildman–Crippen MR) is 75.0 cm³/mol. The topological polar surface area (TPSA) is 20.2 Å². The Balaban J connectivity index is 2.66. The molecule has 1 aromatic rings. The lowest BCUT2D eigenvalue weighted by Gasteiger charge is -2.11. The molecule has 0 radical (unpaired) electrons. The summed E-state index contributed by atoms with van der Waals surface area (Å²) >= 11 is 5.37. The van der Waals surface area contributed by atoms with Gasteiger partial charge in [-0.1, -0.05) is 42.3 Å². The second-order valence-electron chi connectivity index (χ2n) is 4.18. The van der Waals surface area contributed by atoms with Crippen molar-refractivity contribution >= 4 is 27.7 Å². The van der Waals surface area contributed by atoms with Crippen molar-refractivity contribution in [2.24, 2.45) is 5.92 Å². The highest BCUT2D eigenvalue weighted by molar-refractivity contribution is 9.10. The summed E-state index contributed by atoms with van der Waals surface area (Å²) in [5.74, 6) is 1.90. The number of aliphatic hydroxyl groups is 1. The molecule has 0 heterocycles. The zero-order chi connectivity index (χ0) is 12.1. The van der Waals surface area contributed by atoms with Crippen LogP contribution in [0.2, 0.25) is 0 Å². The molecule has 0 amide bonds. The smallest absolute Gasteiger partial charge is 0.0772 e. The molecule has 1 rings (SSSR count). The van der Waals surface area contributed by atoms with Crippen LogP contribution in [0.15, 0.2) is 27.6 Å². The van der Waals surface area contributed by atoms with Crippen LogP contribution in [0.3, 0.4) is 0 Å². The first kappa shape index (κ1) is 14.1.